The molecule has 0 saturated heterocycles. The van der Waals surface area contributed by atoms with Crippen molar-refractivity contribution in [1.82, 2.24) is 15.0 Å². The number of halogens is 2. The predicted molar refractivity (Wildman–Crippen MR) is 65.4 cm³/mol. The maximum absolute atomic E-state index is 12.1. The van der Waals surface area contributed by atoms with Gasteiger partial charge in [0, 0.05) is 19.4 Å². The first-order valence-corrected chi connectivity index (χ1v) is 5.60. The first kappa shape index (κ1) is 13.4. The summed E-state index contributed by atoms with van der Waals surface area (Å²) in [6.07, 6.45) is 3.46. The molecule has 102 valence electrons. The number of benzene rings is 1. The summed E-state index contributed by atoms with van der Waals surface area (Å²) in [5, 5.41) is 0. The molecule has 1 atom stereocenters. The maximum atomic E-state index is 12.1. The monoisotopic (exact) mass is 268 g/mol. The van der Waals surface area contributed by atoms with E-state index in [0.717, 1.165) is 11.4 Å². The zero-order valence-electron chi connectivity index (χ0n) is 10.3. The number of rotatable bonds is 5. The molecule has 0 radical (unpaired) electrons. The van der Waals surface area contributed by atoms with Crippen LogP contribution in [0.2, 0.25) is 0 Å². The summed E-state index contributed by atoms with van der Waals surface area (Å²) >= 11 is 0. The van der Waals surface area contributed by atoms with Crippen LogP contribution in [0.4, 0.5) is 8.78 Å². The van der Waals surface area contributed by atoms with Crippen molar-refractivity contribution in [3.63, 3.8) is 0 Å². The topological polar surface area (TPSA) is 65.1 Å². The van der Waals surface area contributed by atoms with Gasteiger partial charge in [0.15, 0.2) is 0 Å². The van der Waals surface area contributed by atoms with Crippen molar-refractivity contribution in [1.29, 1.82) is 0 Å². The largest absolute Gasteiger partial charge is 0.435 e. The van der Waals surface area contributed by atoms with E-state index in [1.807, 2.05) is 11.6 Å². The van der Waals surface area contributed by atoms with E-state index in [1.165, 1.54) is 12.1 Å². The standard InChI is InChI=1S/C12H14F2N4O/c1-18-7-6-16-11(18)10(17-15)8-2-4-9(5-3-8)19-12(13)14/h2-7,10,12,17H,15H2,1H3. The van der Waals surface area contributed by atoms with Gasteiger partial charge in [-0.05, 0) is 17.7 Å². The van der Waals surface area contributed by atoms with Crippen LogP contribution in [-0.4, -0.2) is 16.2 Å². The third-order valence-electron chi connectivity index (χ3n) is 2.72. The Bertz CT molecular complexity index is 527. The van der Waals surface area contributed by atoms with Crippen molar-refractivity contribution in [2.24, 2.45) is 12.9 Å². The Balaban J connectivity index is 2.22. The lowest BCUT2D eigenvalue weighted by atomic mass is 10.1. The van der Waals surface area contributed by atoms with E-state index in [2.05, 4.69) is 15.1 Å². The fraction of sp³-hybridized carbons (Fsp3) is 0.250. The van der Waals surface area contributed by atoms with Gasteiger partial charge >= 0.3 is 6.61 Å². The van der Waals surface area contributed by atoms with Gasteiger partial charge in [-0.3, -0.25) is 5.84 Å². The Hall–Kier alpha value is -1.99. The molecule has 0 aliphatic rings. The molecule has 0 saturated carbocycles. The zero-order valence-corrected chi connectivity index (χ0v) is 10.3. The summed E-state index contributed by atoms with van der Waals surface area (Å²) in [6.45, 7) is -2.83. The van der Waals surface area contributed by atoms with Crippen LogP contribution in [0.25, 0.3) is 0 Å². The van der Waals surface area contributed by atoms with E-state index in [1.54, 1.807) is 24.5 Å². The van der Waals surface area contributed by atoms with E-state index in [0.29, 0.717) is 0 Å². The van der Waals surface area contributed by atoms with Gasteiger partial charge in [-0.1, -0.05) is 12.1 Å². The molecular formula is C12H14F2N4O. The molecule has 0 aliphatic heterocycles. The van der Waals surface area contributed by atoms with Crippen LogP contribution in [0, 0.1) is 0 Å². The molecule has 0 spiro atoms. The molecule has 1 aromatic heterocycles. The Morgan fingerprint density at radius 3 is 2.47 bits per heavy atom. The highest BCUT2D eigenvalue weighted by molar-refractivity contribution is 5.32. The summed E-state index contributed by atoms with van der Waals surface area (Å²) in [5.41, 5.74) is 3.45. The lowest BCUT2D eigenvalue weighted by molar-refractivity contribution is -0.0498. The predicted octanol–water partition coefficient (Wildman–Crippen LogP) is 1.57. The summed E-state index contributed by atoms with van der Waals surface area (Å²) in [4.78, 5) is 4.20. The third-order valence-corrected chi connectivity index (χ3v) is 2.72. The lowest BCUT2D eigenvalue weighted by Crippen LogP contribution is -2.30. The van der Waals surface area contributed by atoms with E-state index >= 15 is 0 Å². The van der Waals surface area contributed by atoms with Crippen molar-refractivity contribution in [3.05, 3.63) is 48.0 Å². The van der Waals surface area contributed by atoms with Crippen molar-refractivity contribution in [2.45, 2.75) is 12.7 Å². The van der Waals surface area contributed by atoms with Crippen molar-refractivity contribution in [3.8, 4) is 5.75 Å². The molecule has 7 heteroatoms. The average Bonchev–Trinajstić information content (AvgIpc) is 2.78. The number of aromatic nitrogens is 2. The molecular weight excluding hydrogens is 254 g/mol. The number of hydrogen-bond donors (Lipinski definition) is 2. The molecule has 0 aliphatic carbocycles. The number of ether oxygens (including phenoxy) is 1. The van der Waals surface area contributed by atoms with Gasteiger partial charge in [0.25, 0.3) is 0 Å². The highest BCUT2D eigenvalue weighted by atomic mass is 19.3. The molecule has 0 amide bonds. The van der Waals surface area contributed by atoms with E-state index in [9.17, 15) is 8.78 Å². The molecule has 5 nitrogen and oxygen atoms in total. The van der Waals surface area contributed by atoms with Crippen LogP contribution >= 0.6 is 0 Å². The number of nitrogens with two attached hydrogens (primary N) is 1. The number of nitrogens with zero attached hydrogens (tertiary/aromatic N) is 2. The van der Waals surface area contributed by atoms with Gasteiger partial charge in [0.1, 0.15) is 17.6 Å². The fourth-order valence-electron chi connectivity index (χ4n) is 1.82. The zero-order chi connectivity index (χ0) is 13.8. The van der Waals surface area contributed by atoms with Gasteiger partial charge in [0.05, 0.1) is 0 Å². The van der Waals surface area contributed by atoms with Crippen LogP contribution in [0.5, 0.6) is 5.75 Å². The minimum atomic E-state index is -2.83. The summed E-state index contributed by atoms with van der Waals surface area (Å²) in [7, 11) is 1.85. The molecule has 2 aromatic rings. The highest BCUT2D eigenvalue weighted by Gasteiger charge is 2.16. The number of nitrogens with one attached hydrogen (secondary N) is 1. The van der Waals surface area contributed by atoms with Crippen LogP contribution in [-0.2, 0) is 7.05 Å². The summed E-state index contributed by atoms with van der Waals surface area (Å²) in [6, 6.07) is 5.94. The van der Waals surface area contributed by atoms with Gasteiger partial charge < -0.3 is 9.30 Å². The first-order valence-electron chi connectivity index (χ1n) is 5.60. The number of imidazole rings is 1. The lowest BCUT2D eigenvalue weighted by Gasteiger charge is -2.16. The van der Waals surface area contributed by atoms with Gasteiger partial charge in [-0.25, -0.2) is 10.4 Å². The van der Waals surface area contributed by atoms with Crippen LogP contribution in [0.15, 0.2) is 36.7 Å². The fourth-order valence-corrected chi connectivity index (χ4v) is 1.82. The second-order valence-electron chi connectivity index (χ2n) is 3.94. The number of hydrazine groups is 1. The first-order chi connectivity index (χ1) is 9.11. The SMILES string of the molecule is Cn1ccnc1C(NN)c1ccc(OC(F)F)cc1. The quantitative estimate of drug-likeness (QED) is 0.638. The van der Waals surface area contributed by atoms with E-state index in [-0.39, 0.29) is 11.8 Å². The van der Waals surface area contributed by atoms with E-state index in [4.69, 9.17) is 5.84 Å². The average molecular weight is 268 g/mol. The molecule has 19 heavy (non-hydrogen) atoms. The summed E-state index contributed by atoms with van der Waals surface area (Å²) in [5.74, 6) is 6.36. The molecule has 1 heterocycles. The molecule has 0 bridgehead atoms. The van der Waals surface area contributed by atoms with Crippen LogP contribution < -0.4 is 16.0 Å². The molecule has 0 fully saturated rings. The van der Waals surface area contributed by atoms with Gasteiger partial charge in [0.2, 0.25) is 0 Å². The van der Waals surface area contributed by atoms with Gasteiger partial charge in [-0.15, -0.1) is 0 Å². The van der Waals surface area contributed by atoms with Crippen LogP contribution in [0.3, 0.4) is 0 Å². The second-order valence-corrected chi connectivity index (χ2v) is 3.94. The van der Waals surface area contributed by atoms with Gasteiger partial charge in [-0.2, -0.15) is 8.78 Å². The molecule has 1 aromatic carbocycles. The number of hydrogen-bond acceptors (Lipinski definition) is 4. The van der Waals surface area contributed by atoms with Crippen molar-refractivity contribution in [2.75, 3.05) is 0 Å². The Kier molecular flexibility index (Phi) is 4.08. The normalized spacial score (nSPS) is 12.7. The second kappa shape index (κ2) is 5.77. The van der Waals surface area contributed by atoms with Crippen molar-refractivity contribution >= 4 is 0 Å². The summed E-state index contributed by atoms with van der Waals surface area (Å²) < 4.78 is 30.2. The van der Waals surface area contributed by atoms with E-state index < -0.39 is 6.61 Å². The highest BCUT2D eigenvalue weighted by Crippen LogP contribution is 2.22. The Labute approximate surface area is 109 Å². The molecule has 1 unspecified atom stereocenters. The number of aryl methyl sites for hydroxylation is 1. The Morgan fingerprint density at radius 1 is 1.32 bits per heavy atom. The minimum Gasteiger partial charge on any atom is -0.435 e. The molecule has 3 N–H and O–H groups in total. The maximum Gasteiger partial charge on any atom is 0.387 e. The smallest absolute Gasteiger partial charge is 0.387 e. The Morgan fingerprint density at radius 2 is 2.00 bits per heavy atom. The van der Waals surface area contributed by atoms with Crippen LogP contribution in [0.1, 0.15) is 17.4 Å². The van der Waals surface area contributed by atoms with Crippen molar-refractivity contribution < 1.29 is 13.5 Å². The minimum absolute atomic E-state index is 0.106. The molecule has 2 rings (SSSR count). The number of alkyl halides is 2. The third kappa shape index (κ3) is 3.07.